The number of nitrogen functional groups attached to an aromatic ring is 1. The summed E-state index contributed by atoms with van der Waals surface area (Å²) in [6.45, 7) is 0. The van der Waals surface area contributed by atoms with Crippen LogP contribution in [0.25, 0.3) is 0 Å². The second-order valence-electron chi connectivity index (χ2n) is 3.96. The third-order valence-electron chi connectivity index (χ3n) is 2.56. The van der Waals surface area contributed by atoms with Crippen LogP contribution in [0.15, 0.2) is 52.3 Å². The first-order valence-electron chi connectivity index (χ1n) is 5.55. The van der Waals surface area contributed by atoms with Crippen molar-refractivity contribution in [1.29, 1.82) is 5.26 Å². The zero-order valence-corrected chi connectivity index (χ0v) is 10.9. The van der Waals surface area contributed by atoms with E-state index < -0.39 is 11.7 Å². The largest absolute Gasteiger partial charge is 0.417 e. The van der Waals surface area contributed by atoms with E-state index >= 15 is 0 Å². The first kappa shape index (κ1) is 14.3. The molecule has 0 aliphatic carbocycles. The van der Waals surface area contributed by atoms with Crippen molar-refractivity contribution in [3.05, 3.63) is 53.6 Å². The van der Waals surface area contributed by atoms with E-state index in [1.165, 1.54) is 12.1 Å². The summed E-state index contributed by atoms with van der Waals surface area (Å²) in [6, 6.07) is 12.1. The molecule has 20 heavy (non-hydrogen) atoms. The molecule has 2 N–H and O–H groups in total. The van der Waals surface area contributed by atoms with Crippen LogP contribution in [0.1, 0.15) is 11.1 Å². The van der Waals surface area contributed by atoms with Crippen LogP contribution in [0.4, 0.5) is 18.9 Å². The monoisotopic (exact) mass is 294 g/mol. The molecule has 0 bridgehead atoms. The lowest BCUT2D eigenvalue weighted by atomic mass is 10.1. The number of para-hydroxylation sites is 1. The van der Waals surface area contributed by atoms with Crippen LogP contribution < -0.4 is 5.73 Å². The lowest BCUT2D eigenvalue weighted by molar-refractivity contribution is -0.137. The Balaban J connectivity index is 2.40. The third-order valence-corrected chi connectivity index (χ3v) is 3.65. The van der Waals surface area contributed by atoms with Crippen molar-refractivity contribution >= 4 is 17.4 Å². The van der Waals surface area contributed by atoms with Gasteiger partial charge in [0, 0.05) is 15.5 Å². The summed E-state index contributed by atoms with van der Waals surface area (Å²) in [6.07, 6.45) is -4.55. The van der Waals surface area contributed by atoms with E-state index in [9.17, 15) is 13.2 Å². The maximum absolute atomic E-state index is 12.8. The summed E-state index contributed by atoms with van der Waals surface area (Å²) >= 11 is 1.13. The molecule has 0 saturated heterocycles. The Bertz CT molecular complexity index is 675. The lowest BCUT2D eigenvalue weighted by Gasteiger charge is -2.11. The van der Waals surface area contributed by atoms with Crippen molar-refractivity contribution in [2.75, 3.05) is 5.73 Å². The number of hydrogen-bond donors (Lipinski definition) is 1. The number of nitrogens with two attached hydrogens (primary N) is 1. The Hall–Kier alpha value is -2.13. The van der Waals surface area contributed by atoms with E-state index in [1.54, 1.807) is 30.3 Å². The summed E-state index contributed by atoms with van der Waals surface area (Å²) in [5, 5.41) is 8.73. The molecule has 0 spiro atoms. The second kappa shape index (κ2) is 5.47. The number of benzene rings is 2. The maximum Gasteiger partial charge on any atom is 0.417 e. The zero-order valence-electron chi connectivity index (χ0n) is 10.1. The molecule has 0 aliphatic heterocycles. The van der Waals surface area contributed by atoms with Gasteiger partial charge in [0.1, 0.15) is 0 Å². The average Bonchev–Trinajstić information content (AvgIpc) is 2.40. The Morgan fingerprint density at radius 1 is 1.10 bits per heavy atom. The van der Waals surface area contributed by atoms with E-state index in [4.69, 9.17) is 11.0 Å². The summed E-state index contributed by atoms with van der Waals surface area (Å²) in [5.74, 6) is 0. The Morgan fingerprint density at radius 2 is 1.80 bits per heavy atom. The number of nitriles is 1. The molecular weight excluding hydrogens is 285 g/mol. The van der Waals surface area contributed by atoms with Gasteiger partial charge in [-0.15, -0.1) is 0 Å². The summed E-state index contributed by atoms with van der Waals surface area (Å²) in [4.78, 5) is 1.06. The van der Waals surface area contributed by atoms with Gasteiger partial charge in [0.05, 0.1) is 17.2 Å². The maximum atomic E-state index is 12.8. The van der Waals surface area contributed by atoms with Gasteiger partial charge < -0.3 is 5.73 Å². The zero-order chi connectivity index (χ0) is 14.8. The fourth-order valence-corrected chi connectivity index (χ4v) is 2.52. The van der Waals surface area contributed by atoms with Crippen LogP contribution in [0.3, 0.4) is 0 Å². The van der Waals surface area contributed by atoms with E-state index in [-0.39, 0.29) is 5.56 Å². The third kappa shape index (κ3) is 3.06. The van der Waals surface area contributed by atoms with Crippen LogP contribution >= 0.6 is 11.8 Å². The molecule has 0 radical (unpaired) electrons. The minimum atomic E-state index is -4.55. The Labute approximate surface area is 118 Å². The van der Waals surface area contributed by atoms with Crippen molar-refractivity contribution in [2.24, 2.45) is 0 Å². The standard InChI is InChI=1S/C14H9F3N2S/c15-14(16,17)11-7-10(6-5-9(11)8-18)20-13-4-2-1-3-12(13)19/h1-7H,19H2. The predicted octanol–water partition coefficient (Wildman–Crippen LogP) is 4.31. The van der Waals surface area contributed by atoms with E-state index in [2.05, 4.69) is 0 Å². The van der Waals surface area contributed by atoms with Crippen LogP contribution in [0.2, 0.25) is 0 Å². The van der Waals surface area contributed by atoms with Gasteiger partial charge in [-0.2, -0.15) is 18.4 Å². The summed E-state index contributed by atoms with van der Waals surface area (Å²) < 4.78 is 38.5. The molecule has 2 rings (SSSR count). The van der Waals surface area contributed by atoms with Crippen LogP contribution in [-0.2, 0) is 6.18 Å². The number of nitrogens with zero attached hydrogens (tertiary/aromatic N) is 1. The molecule has 0 aromatic heterocycles. The fraction of sp³-hybridized carbons (Fsp3) is 0.0714. The summed E-state index contributed by atoms with van der Waals surface area (Å²) in [7, 11) is 0. The topological polar surface area (TPSA) is 49.8 Å². The molecule has 6 heteroatoms. The molecule has 0 heterocycles. The number of rotatable bonds is 2. The molecule has 0 amide bonds. The Morgan fingerprint density at radius 3 is 2.40 bits per heavy atom. The molecule has 2 nitrogen and oxygen atoms in total. The molecular formula is C14H9F3N2S. The van der Waals surface area contributed by atoms with Gasteiger partial charge in [-0.3, -0.25) is 0 Å². The molecule has 102 valence electrons. The number of alkyl halides is 3. The van der Waals surface area contributed by atoms with Gasteiger partial charge in [0.15, 0.2) is 0 Å². The smallest absolute Gasteiger partial charge is 0.398 e. The van der Waals surface area contributed by atoms with Gasteiger partial charge in [-0.1, -0.05) is 23.9 Å². The first-order valence-corrected chi connectivity index (χ1v) is 6.37. The number of hydrogen-bond acceptors (Lipinski definition) is 3. The Kier molecular flexibility index (Phi) is 3.91. The highest BCUT2D eigenvalue weighted by molar-refractivity contribution is 7.99. The van der Waals surface area contributed by atoms with Crippen molar-refractivity contribution in [3.8, 4) is 6.07 Å². The molecule has 0 aliphatic rings. The molecule has 0 unspecified atom stereocenters. The van der Waals surface area contributed by atoms with E-state index in [0.29, 0.717) is 15.5 Å². The second-order valence-corrected chi connectivity index (χ2v) is 5.07. The highest BCUT2D eigenvalue weighted by Crippen LogP contribution is 2.37. The first-order chi connectivity index (χ1) is 9.41. The normalized spacial score (nSPS) is 11.1. The molecule has 2 aromatic rings. The predicted molar refractivity (Wildman–Crippen MR) is 71.1 cm³/mol. The molecule has 0 fully saturated rings. The van der Waals surface area contributed by atoms with Crippen molar-refractivity contribution < 1.29 is 13.2 Å². The van der Waals surface area contributed by atoms with E-state index in [1.807, 2.05) is 0 Å². The molecule has 0 saturated carbocycles. The van der Waals surface area contributed by atoms with Crippen molar-refractivity contribution in [3.63, 3.8) is 0 Å². The van der Waals surface area contributed by atoms with Gasteiger partial charge >= 0.3 is 6.18 Å². The van der Waals surface area contributed by atoms with Gasteiger partial charge in [0.2, 0.25) is 0 Å². The molecule has 0 atom stereocenters. The highest BCUT2D eigenvalue weighted by atomic mass is 32.2. The van der Waals surface area contributed by atoms with Gasteiger partial charge in [-0.25, -0.2) is 0 Å². The van der Waals surface area contributed by atoms with Crippen LogP contribution in [0, 0.1) is 11.3 Å². The van der Waals surface area contributed by atoms with E-state index in [0.717, 1.165) is 17.8 Å². The summed E-state index contributed by atoms with van der Waals surface area (Å²) in [5.41, 5.74) is 4.93. The minimum absolute atomic E-state index is 0.384. The van der Waals surface area contributed by atoms with Gasteiger partial charge in [-0.05, 0) is 30.3 Å². The fourth-order valence-electron chi connectivity index (χ4n) is 1.62. The SMILES string of the molecule is N#Cc1ccc(Sc2ccccc2N)cc1C(F)(F)F. The lowest BCUT2D eigenvalue weighted by Crippen LogP contribution is -2.07. The minimum Gasteiger partial charge on any atom is -0.398 e. The number of halogens is 3. The van der Waals surface area contributed by atoms with Gasteiger partial charge in [0.25, 0.3) is 0 Å². The average molecular weight is 294 g/mol. The van der Waals surface area contributed by atoms with Crippen molar-refractivity contribution in [2.45, 2.75) is 16.0 Å². The van der Waals surface area contributed by atoms with Crippen LogP contribution in [0.5, 0.6) is 0 Å². The highest BCUT2D eigenvalue weighted by Gasteiger charge is 2.33. The van der Waals surface area contributed by atoms with Crippen molar-refractivity contribution in [1.82, 2.24) is 0 Å². The quantitative estimate of drug-likeness (QED) is 0.840. The van der Waals surface area contributed by atoms with Crippen LogP contribution in [-0.4, -0.2) is 0 Å². The number of anilines is 1. The molecule has 2 aromatic carbocycles.